The van der Waals surface area contributed by atoms with E-state index in [-0.39, 0.29) is 23.1 Å². The fourth-order valence-corrected chi connectivity index (χ4v) is 4.22. The van der Waals surface area contributed by atoms with Crippen molar-refractivity contribution < 1.29 is 13.5 Å². The summed E-state index contributed by atoms with van der Waals surface area (Å²) in [6.07, 6.45) is 0.529. The molecule has 0 fully saturated rings. The molecule has 17 heavy (non-hydrogen) atoms. The molecule has 0 unspecified atom stereocenters. The molecule has 8 heteroatoms. The largest absolute Gasteiger partial charge is 0.395 e. The maximum Gasteiger partial charge on any atom is 0.185 e. The molecule has 0 radical (unpaired) electrons. The molecule has 0 aromatic carbocycles. The van der Waals surface area contributed by atoms with Gasteiger partial charge in [0.2, 0.25) is 0 Å². The Labute approximate surface area is 105 Å². The van der Waals surface area contributed by atoms with Gasteiger partial charge in [-0.1, -0.05) is 6.92 Å². The summed E-state index contributed by atoms with van der Waals surface area (Å²) in [7, 11) is -1.69. The first-order valence-corrected chi connectivity index (χ1v) is 7.66. The summed E-state index contributed by atoms with van der Waals surface area (Å²) in [6.45, 7) is 2.09. The predicted octanol–water partition coefficient (Wildman–Crippen LogP) is 0.338. The van der Waals surface area contributed by atoms with Crippen LogP contribution in [0.4, 0.5) is 10.8 Å². The lowest BCUT2D eigenvalue weighted by atomic mass is 10.5. The van der Waals surface area contributed by atoms with Crippen LogP contribution < -0.4 is 10.6 Å². The van der Waals surface area contributed by atoms with Crippen molar-refractivity contribution in [2.24, 2.45) is 0 Å². The summed E-state index contributed by atoms with van der Waals surface area (Å²) in [6, 6.07) is 0. The number of nitrogens with two attached hydrogens (primary N) is 1. The number of aliphatic hydroxyl groups excluding tert-OH is 1. The highest BCUT2D eigenvalue weighted by atomic mass is 32.2. The number of rotatable bonds is 6. The molecule has 0 saturated carbocycles. The monoisotopic (exact) mass is 279 g/mol. The molecule has 1 aromatic heterocycles. The van der Waals surface area contributed by atoms with Gasteiger partial charge >= 0.3 is 0 Å². The predicted molar refractivity (Wildman–Crippen MR) is 69.2 cm³/mol. The summed E-state index contributed by atoms with van der Waals surface area (Å²) in [5.41, 5.74) is 5.62. The number of hydrogen-bond acceptors (Lipinski definition) is 7. The molecule has 98 valence electrons. The van der Waals surface area contributed by atoms with Crippen LogP contribution in [0.15, 0.2) is 4.90 Å². The first-order valence-electron chi connectivity index (χ1n) is 5.24. The van der Waals surface area contributed by atoms with E-state index < -0.39 is 9.84 Å². The van der Waals surface area contributed by atoms with Gasteiger partial charge in [-0.3, -0.25) is 0 Å². The van der Waals surface area contributed by atoms with Gasteiger partial charge in [0.05, 0.1) is 12.4 Å². The van der Waals surface area contributed by atoms with E-state index in [1.165, 1.54) is 0 Å². The molecule has 0 aliphatic heterocycles. The van der Waals surface area contributed by atoms with Gasteiger partial charge in [0, 0.05) is 13.6 Å². The number of anilines is 2. The van der Waals surface area contributed by atoms with Crippen molar-refractivity contribution in [1.82, 2.24) is 4.37 Å². The summed E-state index contributed by atoms with van der Waals surface area (Å²) < 4.78 is 28.0. The van der Waals surface area contributed by atoms with Crippen LogP contribution in [0.25, 0.3) is 0 Å². The van der Waals surface area contributed by atoms with E-state index in [1.807, 2.05) is 0 Å². The van der Waals surface area contributed by atoms with E-state index in [4.69, 9.17) is 10.8 Å². The maximum atomic E-state index is 12.0. The fraction of sp³-hybridized carbons (Fsp3) is 0.667. The van der Waals surface area contributed by atoms with Gasteiger partial charge in [-0.05, 0) is 18.0 Å². The lowest BCUT2D eigenvalue weighted by Crippen LogP contribution is -2.22. The third-order valence-electron chi connectivity index (χ3n) is 2.22. The molecule has 1 heterocycles. The SMILES string of the molecule is CCCS(=O)(=O)c1c(N)nsc1N(C)CCO. The van der Waals surface area contributed by atoms with Gasteiger partial charge in [-0.15, -0.1) is 0 Å². The van der Waals surface area contributed by atoms with Crippen LogP contribution in [0.2, 0.25) is 0 Å². The number of sulfone groups is 1. The van der Waals surface area contributed by atoms with Crippen LogP contribution in [0.3, 0.4) is 0 Å². The Kier molecular flexibility index (Phi) is 4.72. The van der Waals surface area contributed by atoms with Crippen molar-refractivity contribution in [3.63, 3.8) is 0 Å². The number of nitrogens with zero attached hydrogens (tertiary/aromatic N) is 2. The van der Waals surface area contributed by atoms with Crippen LogP contribution in [0.1, 0.15) is 13.3 Å². The van der Waals surface area contributed by atoms with Crippen molar-refractivity contribution >= 4 is 32.2 Å². The number of nitrogen functional groups attached to an aromatic ring is 1. The Morgan fingerprint density at radius 3 is 2.71 bits per heavy atom. The maximum absolute atomic E-state index is 12.0. The Hall–Kier alpha value is -0.860. The number of aliphatic hydroxyl groups is 1. The quantitative estimate of drug-likeness (QED) is 0.779. The highest BCUT2D eigenvalue weighted by Gasteiger charge is 2.26. The Balaban J connectivity index is 3.19. The molecule has 0 atom stereocenters. The minimum Gasteiger partial charge on any atom is -0.395 e. The van der Waals surface area contributed by atoms with E-state index in [9.17, 15) is 8.42 Å². The van der Waals surface area contributed by atoms with Gasteiger partial charge in [0.15, 0.2) is 15.7 Å². The van der Waals surface area contributed by atoms with E-state index in [2.05, 4.69) is 4.37 Å². The van der Waals surface area contributed by atoms with Gasteiger partial charge in [0.25, 0.3) is 0 Å². The summed E-state index contributed by atoms with van der Waals surface area (Å²) >= 11 is 1.04. The van der Waals surface area contributed by atoms with Gasteiger partial charge in [-0.25, -0.2) is 8.42 Å². The van der Waals surface area contributed by atoms with Gasteiger partial charge in [-0.2, -0.15) is 4.37 Å². The average Bonchev–Trinajstić information content (AvgIpc) is 2.61. The van der Waals surface area contributed by atoms with Crippen molar-refractivity contribution in [3.05, 3.63) is 0 Å². The number of hydrogen-bond donors (Lipinski definition) is 2. The van der Waals surface area contributed by atoms with Crippen LogP contribution >= 0.6 is 11.5 Å². The molecule has 0 amide bonds. The highest BCUT2D eigenvalue weighted by molar-refractivity contribution is 7.91. The minimum atomic E-state index is -3.39. The lowest BCUT2D eigenvalue weighted by Gasteiger charge is -2.16. The smallest absolute Gasteiger partial charge is 0.185 e. The molecular formula is C9H17N3O3S2. The second-order valence-corrected chi connectivity index (χ2v) is 6.46. The zero-order chi connectivity index (χ0) is 13.1. The zero-order valence-corrected chi connectivity index (χ0v) is 11.5. The van der Waals surface area contributed by atoms with Crippen LogP contribution in [0.5, 0.6) is 0 Å². The summed E-state index contributed by atoms with van der Waals surface area (Å²) in [4.78, 5) is 1.75. The Bertz CT molecular complexity index is 470. The van der Waals surface area contributed by atoms with Crippen molar-refractivity contribution in [2.45, 2.75) is 18.2 Å². The van der Waals surface area contributed by atoms with Crippen molar-refractivity contribution in [2.75, 3.05) is 36.6 Å². The molecule has 0 saturated heterocycles. The highest BCUT2D eigenvalue weighted by Crippen LogP contribution is 2.34. The molecule has 0 aliphatic rings. The fourth-order valence-electron chi connectivity index (χ4n) is 1.44. The number of likely N-dealkylation sites (N-methyl/N-ethyl adjacent to an activating group) is 1. The van der Waals surface area contributed by atoms with Crippen LogP contribution in [-0.4, -0.2) is 43.9 Å². The van der Waals surface area contributed by atoms with Crippen molar-refractivity contribution in [3.8, 4) is 0 Å². The molecule has 0 spiro atoms. The molecule has 1 aromatic rings. The Morgan fingerprint density at radius 1 is 1.53 bits per heavy atom. The molecule has 0 bridgehead atoms. The molecule has 0 aliphatic carbocycles. The first-order chi connectivity index (χ1) is 7.94. The van der Waals surface area contributed by atoms with Crippen LogP contribution in [0, 0.1) is 0 Å². The second-order valence-electron chi connectivity index (χ2n) is 3.67. The standard InChI is InChI=1S/C9H17N3O3S2/c1-3-6-17(14,15)7-8(10)11-16-9(7)12(2)4-5-13/h13H,3-6H2,1-2H3,(H2,10,11). The van der Waals surface area contributed by atoms with E-state index in [0.717, 1.165) is 11.5 Å². The van der Waals surface area contributed by atoms with E-state index in [0.29, 0.717) is 18.0 Å². The average molecular weight is 279 g/mol. The lowest BCUT2D eigenvalue weighted by molar-refractivity contribution is 0.304. The molecule has 6 nitrogen and oxygen atoms in total. The summed E-state index contributed by atoms with van der Waals surface area (Å²) in [5, 5.41) is 9.35. The molecule has 1 rings (SSSR count). The zero-order valence-electron chi connectivity index (χ0n) is 9.88. The third-order valence-corrected chi connectivity index (χ3v) is 5.30. The third kappa shape index (κ3) is 3.08. The van der Waals surface area contributed by atoms with Gasteiger partial charge < -0.3 is 15.7 Å². The first kappa shape index (κ1) is 14.2. The summed E-state index contributed by atoms with van der Waals surface area (Å²) in [5.74, 6) is 0.0958. The van der Waals surface area contributed by atoms with E-state index >= 15 is 0 Å². The van der Waals surface area contributed by atoms with Crippen molar-refractivity contribution in [1.29, 1.82) is 0 Å². The minimum absolute atomic E-state index is 0.0447. The Morgan fingerprint density at radius 2 is 2.18 bits per heavy atom. The topological polar surface area (TPSA) is 96.5 Å². The molecule has 3 N–H and O–H groups in total. The van der Waals surface area contributed by atoms with E-state index in [1.54, 1.807) is 18.9 Å². The van der Waals surface area contributed by atoms with Crippen LogP contribution in [-0.2, 0) is 9.84 Å². The molecular weight excluding hydrogens is 262 g/mol. The normalized spacial score (nSPS) is 11.7. The van der Waals surface area contributed by atoms with Gasteiger partial charge in [0.1, 0.15) is 9.90 Å². The second kappa shape index (κ2) is 5.65. The number of aromatic nitrogens is 1.